The van der Waals surface area contributed by atoms with Crippen LogP contribution in [0.1, 0.15) is 29.5 Å². The van der Waals surface area contributed by atoms with Gasteiger partial charge in [-0.05, 0) is 25.1 Å². The highest BCUT2D eigenvalue weighted by Gasteiger charge is 2.30. The minimum Gasteiger partial charge on any atom is -0.478 e. The molecule has 0 saturated carbocycles. The van der Waals surface area contributed by atoms with Gasteiger partial charge in [0.05, 0.1) is 24.3 Å². The third-order valence-corrected chi connectivity index (χ3v) is 4.60. The molecule has 154 valence electrons. The largest absolute Gasteiger partial charge is 0.478 e. The highest BCUT2D eigenvalue weighted by molar-refractivity contribution is 5.99. The van der Waals surface area contributed by atoms with Crippen molar-refractivity contribution in [2.75, 3.05) is 11.9 Å². The number of ether oxygens (including phenoxy) is 3. The Balaban J connectivity index is 1.46. The first-order chi connectivity index (χ1) is 14.6. The fourth-order valence-electron chi connectivity index (χ4n) is 3.19. The average Bonchev–Trinajstić information content (AvgIpc) is 3.12. The van der Waals surface area contributed by atoms with Crippen molar-refractivity contribution in [1.82, 2.24) is 0 Å². The lowest BCUT2D eigenvalue weighted by molar-refractivity contribution is -0.149. The Hall–Kier alpha value is -3.81. The van der Waals surface area contributed by atoms with Crippen LogP contribution in [0.3, 0.4) is 0 Å². The number of hydrogen-bond donors (Lipinski definition) is 1. The van der Waals surface area contributed by atoms with E-state index < -0.39 is 23.9 Å². The third-order valence-electron chi connectivity index (χ3n) is 4.60. The van der Waals surface area contributed by atoms with Gasteiger partial charge in [0.15, 0.2) is 6.10 Å². The summed E-state index contributed by atoms with van der Waals surface area (Å²) in [6, 6.07) is 14.0. The summed E-state index contributed by atoms with van der Waals surface area (Å²) in [6.07, 6.45) is -1.27. The fraction of sp³-hybridized carbons (Fsp3) is 0.227. The van der Waals surface area contributed by atoms with Crippen LogP contribution in [-0.4, -0.2) is 30.6 Å². The second kappa shape index (κ2) is 8.28. The quantitative estimate of drug-likeness (QED) is 0.622. The van der Waals surface area contributed by atoms with Crippen LogP contribution >= 0.6 is 0 Å². The van der Waals surface area contributed by atoms with Gasteiger partial charge in [-0.1, -0.05) is 30.3 Å². The number of para-hydroxylation sites is 3. The highest BCUT2D eigenvalue weighted by Crippen LogP contribution is 2.30. The average molecular weight is 409 g/mol. The second-order valence-electron chi connectivity index (χ2n) is 6.58. The van der Waals surface area contributed by atoms with Crippen LogP contribution in [0.5, 0.6) is 5.75 Å². The molecule has 1 atom stereocenters. The van der Waals surface area contributed by atoms with Crippen LogP contribution in [0.2, 0.25) is 0 Å². The summed E-state index contributed by atoms with van der Waals surface area (Å²) in [6.45, 7) is 1.67. The number of furan rings is 1. The van der Waals surface area contributed by atoms with Crippen LogP contribution in [-0.2, 0) is 25.7 Å². The summed E-state index contributed by atoms with van der Waals surface area (Å²) < 4.78 is 21.6. The van der Waals surface area contributed by atoms with Crippen LogP contribution < -0.4 is 10.1 Å². The van der Waals surface area contributed by atoms with Crippen molar-refractivity contribution in [2.24, 2.45) is 0 Å². The van der Waals surface area contributed by atoms with Crippen molar-refractivity contribution in [3.05, 3.63) is 59.9 Å². The molecule has 0 fully saturated rings. The maximum atomic E-state index is 12.4. The molecule has 8 nitrogen and oxygen atoms in total. The van der Waals surface area contributed by atoms with E-state index in [2.05, 4.69) is 5.32 Å². The van der Waals surface area contributed by atoms with E-state index in [1.54, 1.807) is 55.5 Å². The Kier molecular flexibility index (Phi) is 5.38. The first kappa shape index (κ1) is 19.5. The minimum atomic E-state index is -1.00. The molecule has 4 rings (SSSR count). The molecule has 2 heterocycles. The van der Waals surface area contributed by atoms with Gasteiger partial charge in [0.25, 0.3) is 5.91 Å². The lowest BCUT2D eigenvalue weighted by Crippen LogP contribution is -2.38. The van der Waals surface area contributed by atoms with Crippen LogP contribution in [0.4, 0.5) is 5.69 Å². The fourth-order valence-corrected chi connectivity index (χ4v) is 3.19. The number of esters is 2. The number of fused-ring (bicyclic) bond motifs is 2. The maximum Gasteiger partial charge on any atom is 0.374 e. The zero-order chi connectivity index (χ0) is 21.1. The Labute approximate surface area is 171 Å². The summed E-state index contributed by atoms with van der Waals surface area (Å²) in [4.78, 5) is 36.8. The van der Waals surface area contributed by atoms with Gasteiger partial charge in [-0.25, -0.2) is 4.79 Å². The van der Waals surface area contributed by atoms with Gasteiger partial charge in [-0.15, -0.1) is 0 Å². The number of carbonyl (C=O) groups excluding carboxylic acids is 3. The lowest BCUT2D eigenvalue weighted by Gasteiger charge is -2.25. The summed E-state index contributed by atoms with van der Waals surface area (Å²) in [5, 5.41) is 3.35. The molecule has 1 aliphatic heterocycles. The summed E-state index contributed by atoms with van der Waals surface area (Å²) in [5.74, 6) is -1.22. The predicted molar refractivity (Wildman–Crippen MR) is 106 cm³/mol. The number of nitrogens with one attached hydrogen (secondary N) is 1. The van der Waals surface area contributed by atoms with Crippen molar-refractivity contribution < 1.29 is 33.0 Å². The maximum absolute atomic E-state index is 12.4. The SMILES string of the molecule is CCOC(=O)c1oc2ccccc2c1COC(=O)C[C@H]1Oc2ccccc2NC1=O. The van der Waals surface area contributed by atoms with Gasteiger partial charge >= 0.3 is 11.9 Å². The number of carbonyl (C=O) groups is 3. The Bertz CT molecular complexity index is 1120. The van der Waals surface area contributed by atoms with Gasteiger partial charge in [-0.2, -0.15) is 0 Å². The molecule has 2 aromatic carbocycles. The van der Waals surface area contributed by atoms with Gasteiger partial charge in [-0.3, -0.25) is 9.59 Å². The Morgan fingerprint density at radius 3 is 2.67 bits per heavy atom. The molecular weight excluding hydrogens is 390 g/mol. The molecule has 0 saturated heterocycles. The van der Waals surface area contributed by atoms with E-state index in [-0.39, 0.29) is 25.4 Å². The molecule has 8 heteroatoms. The Morgan fingerprint density at radius 1 is 1.07 bits per heavy atom. The number of hydrogen-bond acceptors (Lipinski definition) is 7. The first-order valence-corrected chi connectivity index (χ1v) is 9.46. The number of benzene rings is 2. The smallest absolute Gasteiger partial charge is 0.374 e. The van der Waals surface area contributed by atoms with Gasteiger partial charge in [0.2, 0.25) is 5.76 Å². The zero-order valence-electron chi connectivity index (χ0n) is 16.2. The van der Waals surface area contributed by atoms with Gasteiger partial charge in [0, 0.05) is 5.39 Å². The molecule has 0 bridgehead atoms. The molecule has 1 amide bonds. The van der Waals surface area contributed by atoms with Crippen LogP contribution in [0.25, 0.3) is 11.0 Å². The van der Waals surface area contributed by atoms with E-state index in [1.165, 1.54) is 0 Å². The summed E-state index contributed by atoms with van der Waals surface area (Å²) >= 11 is 0. The van der Waals surface area contributed by atoms with E-state index in [1.807, 2.05) is 0 Å². The normalized spacial score (nSPS) is 15.1. The predicted octanol–water partition coefficient (Wildman–Crippen LogP) is 3.44. The first-order valence-electron chi connectivity index (χ1n) is 9.46. The van der Waals surface area contributed by atoms with E-state index in [4.69, 9.17) is 18.6 Å². The van der Waals surface area contributed by atoms with Crippen LogP contribution in [0, 0.1) is 0 Å². The molecule has 0 radical (unpaired) electrons. The van der Waals surface area contributed by atoms with E-state index in [9.17, 15) is 14.4 Å². The molecule has 0 spiro atoms. The number of anilines is 1. The lowest BCUT2D eigenvalue weighted by atomic mass is 10.1. The highest BCUT2D eigenvalue weighted by atomic mass is 16.6. The molecular formula is C22H19NO7. The van der Waals surface area contributed by atoms with Gasteiger partial charge in [0.1, 0.15) is 17.9 Å². The summed E-state index contributed by atoms with van der Waals surface area (Å²) in [7, 11) is 0. The van der Waals surface area contributed by atoms with E-state index in [0.717, 1.165) is 0 Å². The molecule has 1 aromatic heterocycles. The monoisotopic (exact) mass is 409 g/mol. The Morgan fingerprint density at radius 2 is 1.83 bits per heavy atom. The van der Waals surface area contributed by atoms with E-state index >= 15 is 0 Å². The van der Waals surface area contributed by atoms with Crippen molar-refractivity contribution in [2.45, 2.75) is 26.1 Å². The standard InChI is InChI=1S/C22H19NO7/c1-2-27-22(26)20-14(13-7-3-5-9-16(13)30-20)12-28-19(24)11-18-21(25)23-15-8-4-6-10-17(15)29-18/h3-10,18H,2,11-12H2,1H3,(H,23,25)/t18-/m1/s1. The molecule has 0 unspecified atom stereocenters. The van der Waals surface area contributed by atoms with Crippen molar-refractivity contribution in [3.63, 3.8) is 0 Å². The van der Waals surface area contributed by atoms with Gasteiger partial charge < -0.3 is 23.9 Å². The zero-order valence-corrected chi connectivity index (χ0v) is 16.2. The van der Waals surface area contributed by atoms with Crippen molar-refractivity contribution in [3.8, 4) is 5.75 Å². The van der Waals surface area contributed by atoms with Crippen molar-refractivity contribution in [1.29, 1.82) is 0 Å². The molecule has 30 heavy (non-hydrogen) atoms. The molecule has 3 aromatic rings. The molecule has 1 aliphatic rings. The molecule has 1 N–H and O–H groups in total. The third kappa shape index (κ3) is 3.84. The minimum absolute atomic E-state index is 0.00793. The topological polar surface area (TPSA) is 104 Å². The van der Waals surface area contributed by atoms with E-state index in [0.29, 0.717) is 28.0 Å². The van der Waals surface area contributed by atoms with Crippen molar-refractivity contribution >= 4 is 34.5 Å². The summed E-state index contributed by atoms with van der Waals surface area (Å²) in [5.41, 5.74) is 1.45. The molecule has 0 aliphatic carbocycles. The van der Waals surface area contributed by atoms with Crippen LogP contribution in [0.15, 0.2) is 52.9 Å². The number of rotatable bonds is 6. The second-order valence-corrected chi connectivity index (χ2v) is 6.58. The number of amides is 1.